The molecular formula is C7H5ClO3Zn2+2. The van der Waals surface area contributed by atoms with E-state index in [0.717, 1.165) is 0 Å². The molecule has 0 aromatic heterocycles. The summed E-state index contributed by atoms with van der Waals surface area (Å²) in [6.45, 7) is 0. The number of hydrogen-bond donors (Lipinski definition) is 1. The maximum Gasteiger partial charge on any atom is 2.00 e. The van der Waals surface area contributed by atoms with E-state index in [1.54, 1.807) is 0 Å². The van der Waals surface area contributed by atoms with Gasteiger partial charge in [0.05, 0.1) is 5.56 Å². The van der Waals surface area contributed by atoms with Gasteiger partial charge in [-0.05, 0) is 6.07 Å². The third kappa shape index (κ3) is 5.35. The maximum atomic E-state index is 10.7. The Kier molecular flexibility index (Phi) is 12.4. The second-order valence-corrected chi connectivity index (χ2v) is 1.80. The zero-order valence-electron chi connectivity index (χ0n) is 6.87. The van der Waals surface area contributed by atoms with Crippen LogP contribution >= 0.6 is 0 Å². The van der Waals surface area contributed by atoms with Gasteiger partial charge >= 0.3 is 44.9 Å². The number of carbonyl (C=O) groups is 1. The third-order valence-electron chi connectivity index (χ3n) is 1.12. The van der Waals surface area contributed by atoms with Gasteiger partial charge in [0.2, 0.25) is 0 Å². The van der Waals surface area contributed by atoms with E-state index in [0.29, 0.717) is 0 Å². The Balaban J connectivity index is -0.000000333. The van der Waals surface area contributed by atoms with Gasteiger partial charge in [-0.15, -0.1) is 0 Å². The Morgan fingerprint density at radius 2 is 1.69 bits per heavy atom. The third-order valence-corrected chi connectivity index (χ3v) is 1.12. The first kappa shape index (κ1) is 18.7. The Labute approximate surface area is 107 Å². The number of aromatic carboxylic acids is 1. The van der Waals surface area contributed by atoms with Gasteiger partial charge in [0.25, 0.3) is 0 Å². The minimum Gasteiger partial charge on any atom is -1.00 e. The summed E-state index contributed by atoms with van der Waals surface area (Å²) in [6.07, 6.45) is 0. The zero-order chi connectivity index (χ0) is 7.56. The van der Waals surface area contributed by atoms with Gasteiger partial charge in [-0.2, -0.15) is 0 Å². The number of benzene rings is 1. The zero-order valence-corrected chi connectivity index (χ0v) is 13.6. The number of para-hydroxylation sites is 1. The van der Waals surface area contributed by atoms with Gasteiger partial charge in [0.1, 0.15) is 0 Å². The molecule has 1 N–H and O–H groups in total. The first-order valence-electron chi connectivity index (χ1n) is 2.71. The summed E-state index contributed by atoms with van der Waals surface area (Å²) in [7, 11) is 0. The first-order chi connectivity index (χ1) is 4.72. The molecule has 0 amide bonds. The van der Waals surface area contributed by atoms with Crippen molar-refractivity contribution in [2.24, 2.45) is 0 Å². The van der Waals surface area contributed by atoms with Crippen LogP contribution in [-0.4, -0.2) is 11.1 Å². The van der Waals surface area contributed by atoms with Crippen molar-refractivity contribution in [3.63, 3.8) is 0 Å². The van der Waals surface area contributed by atoms with Crippen LogP contribution in [0.15, 0.2) is 24.3 Å². The normalized spacial score (nSPS) is 7.08. The minimum absolute atomic E-state index is 0. The van der Waals surface area contributed by atoms with Crippen molar-refractivity contribution >= 4 is 5.97 Å². The molecule has 0 saturated heterocycles. The van der Waals surface area contributed by atoms with E-state index in [1.807, 2.05) is 0 Å². The summed E-state index contributed by atoms with van der Waals surface area (Å²) in [5.41, 5.74) is -0.178. The topological polar surface area (TPSA) is 60.4 Å². The fourth-order valence-electron chi connectivity index (χ4n) is 0.643. The second-order valence-electron chi connectivity index (χ2n) is 1.80. The maximum absolute atomic E-state index is 10.7. The molecule has 0 spiro atoms. The van der Waals surface area contributed by atoms with E-state index >= 15 is 0 Å². The van der Waals surface area contributed by atoms with Gasteiger partial charge in [-0.3, -0.25) is 0 Å². The average Bonchev–Trinajstić information content (AvgIpc) is 1.88. The summed E-state index contributed by atoms with van der Waals surface area (Å²) in [6, 6.07) is 5.54. The van der Waals surface area contributed by atoms with Crippen molar-refractivity contribution in [2.75, 3.05) is 0 Å². The Bertz CT molecular complexity index is 268. The largest absolute Gasteiger partial charge is 2.00 e. The Morgan fingerprint density at radius 3 is 2.00 bits per heavy atom. The van der Waals surface area contributed by atoms with E-state index in [9.17, 15) is 9.90 Å². The van der Waals surface area contributed by atoms with Crippen molar-refractivity contribution in [1.29, 1.82) is 0 Å². The van der Waals surface area contributed by atoms with Crippen LogP contribution in [0.2, 0.25) is 0 Å². The minimum atomic E-state index is -1.18. The fraction of sp³-hybridized carbons (Fsp3) is 0. The molecule has 1 rings (SSSR count). The SMILES string of the molecule is O=C(O)c1ccccc1[O-].[Cl-].[Zn+2].[Zn+2]. The molecule has 60 valence electrons. The summed E-state index contributed by atoms with van der Waals surface area (Å²) in [4.78, 5) is 10.2. The van der Waals surface area contributed by atoms with Gasteiger partial charge in [-0.25, -0.2) is 4.79 Å². The van der Waals surface area contributed by atoms with Crippen LogP contribution in [0.5, 0.6) is 5.75 Å². The molecule has 1 aromatic rings. The molecule has 0 aliphatic heterocycles. The number of carboxylic acid groups (broad SMARTS) is 1. The molecule has 0 bridgehead atoms. The molecule has 0 fully saturated rings. The van der Waals surface area contributed by atoms with Crippen LogP contribution < -0.4 is 17.5 Å². The van der Waals surface area contributed by atoms with E-state index in [1.165, 1.54) is 24.3 Å². The average molecular weight is 303 g/mol. The summed E-state index contributed by atoms with van der Waals surface area (Å²) >= 11 is 0. The summed E-state index contributed by atoms with van der Waals surface area (Å²) < 4.78 is 0. The molecule has 0 unspecified atom stereocenters. The van der Waals surface area contributed by atoms with Crippen molar-refractivity contribution in [3.05, 3.63) is 29.8 Å². The molecule has 1 aromatic carbocycles. The second kappa shape index (κ2) is 8.62. The molecular weight excluding hydrogens is 298 g/mol. The van der Waals surface area contributed by atoms with Crippen molar-refractivity contribution < 1.29 is 66.4 Å². The molecule has 0 heterocycles. The van der Waals surface area contributed by atoms with Crippen molar-refractivity contribution in [3.8, 4) is 5.75 Å². The van der Waals surface area contributed by atoms with Crippen LogP contribution in [-0.2, 0) is 39.0 Å². The number of hydrogen-bond acceptors (Lipinski definition) is 2. The van der Waals surface area contributed by atoms with Crippen LogP contribution in [0.3, 0.4) is 0 Å². The number of carboxylic acids is 1. The standard InChI is InChI=1S/C7H6O3.ClH.2Zn/c8-6-4-2-1-3-5(6)7(9)10;;;/h1-4,8H,(H,9,10);1H;;/q;;2*+2/p-2. The monoisotopic (exact) mass is 300 g/mol. The molecule has 0 aliphatic carbocycles. The van der Waals surface area contributed by atoms with Crippen LogP contribution in [0.25, 0.3) is 0 Å². The van der Waals surface area contributed by atoms with Gasteiger partial charge in [0, 0.05) is 0 Å². The smallest absolute Gasteiger partial charge is 1.00 e. The Morgan fingerprint density at radius 1 is 1.23 bits per heavy atom. The predicted octanol–water partition coefficient (Wildman–Crippen LogP) is -2.54. The molecule has 0 saturated carbocycles. The van der Waals surface area contributed by atoms with E-state index in [4.69, 9.17) is 5.11 Å². The molecule has 3 nitrogen and oxygen atoms in total. The predicted molar refractivity (Wildman–Crippen MR) is 32.8 cm³/mol. The van der Waals surface area contributed by atoms with Gasteiger partial charge in [0.15, 0.2) is 0 Å². The van der Waals surface area contributed by atoms with Crippen LogP contribution in [0.1, 0.15) is 10.4 Å². The van der Waals surface area contributed by atoms with E-state index < -0.39 is 11.7 Å². The molecule has 6 heteroatoms. The van der Waals surface area contributed by atoms with Crippen LogP contribution in [0.4, 0.5) is 0 Å². The van der Waals surface area contributed by atoms with E-state index in [-0.39, 0.29) is 56.9 Å². The van der Waals surface area contributed by atoms with Gasteiger partial charge < -0.3 is 22.6 Å². The molecule has 13 heavy (non-hydrogen) atoms. The number of halogens is 1. The Hall–Kier alpha value is 0.0268. The quantitative estimate of drug-likeness (QED) is 0.582. The van der Waals surface area contributed by atoms with Gasteiger partial charge in [-0.1, -0.05) is 23.9 Å². The summed E-state index contributed by atoms with van der Waals surface area (Å²) in [5, 5.41) is 19.0. The van der Waals surface area contributed by atoms with E-state index in [2.05, 4.69) is 0 Å². The van der Waals surface area contributed by atoms with Crippen molar-refractivity contribution in [2.45, 2.75) is 0 Å². The molecule has 0 atom stereocenters. The van der Waals surface area contributed by atoms with Crippen LogP contribution in [0, 0.1) is 0 Å². The fourth-order valence-corrected chi connectivity index (χ4v) is 0.643. The number of rotatable bonds is 1. The van der Waals surface area contributed by atoms with Crippen molar-refractivity contribution in [1.82, 2.24) is 0 Å². The molecule has 0 radical (unpaired) electrons. The first-order valence-corrected chi connectivity index (χ1v) is 2.71. The molecule has 0 aliphatic rings. The summed E-state index contributed by atoms with van der Waals surface area (Å²) in [5.74, 6) is -1.62.